The molecule has 2 rings (SSSR count). The molecule has 0 aliphatic rings. The molecular weight excluding hydrogens is 192 g/mol. The molecule has 0 atom stereocenters. The number of hydrogen-bond acceptors (Lipinski definition) is 4. The quantitative estimate of drug-likeness (QED) is 0.810. The summed E-state index contributed by atoms with van der Waals surface area (Å²) in [6.45, 7) is 3.63. The standard InChI is InChI=1S/C11H12N2O2/c1-7-3-4-9(5-12-7)11-10(6-14)8(2)15-13-11/h3-5,14H,6H2,1-2H3. The van der Waals surface area contributed by atoms with Crippen LogP contribution in [0.2, 0.25) is 0 Å². The lowest BCUT2D eigenvalue weighted by Crippen LogP contribution is -1.89. The van der Waals surface area contributed by atoms with Crippen LogP contribution in [0.1, 0.15) is 17.0 Å². The SMILES string of the molecule is Cc1ccc(-c2noc(C)c2CO)cn1. The molecule has 0 bridgehead atoms. The minimum Gasteiger partial charge on any atom is -0.391 e. The Hall–Kier alpha value is -1.68. The van der Waals surface area contributed by atoms with Crippen LogP contribution in [0.25, 0.3) is 11.3 Å². The summed E-state index contributed by atoms with van der Waals surface area (Å²) >= 11 is 0. The number of rotatable bonds is 2. The van der Waals surface area contributed by atoms with E-state index in [0.29, 0.717) is 11.5 Å². The number of hydrogen-bond donors (Lipinski definition) is 1. The highest BCUT2D eigenvalue weighted by Gasteiger charge is 2.13. The van der Waals surface area contributed by atoms with Crippen LogP contribution in [0, 0.1) is 13.8 Å². The summed E-state index contributed by atoms with van der Waals surface area (Å²) in [5.74, 6) is 0.646. The van der Waals surface area contributed by atoms with E-state index in [1.807, 2.05) is 19.1 Å². The highest BCUT2D eigenvalue weighted by Crippen LogP contribution is 2.24. The van der Waals surface area contributed by atoms with Crippen molar-refractivity contribution in [3.63, 3.8) is 0 Å². The monoisotopic (exact) mass is 204 g/mol. The largest absolute Gasteiger partial charge is 0.391 e. The minimum absolute atomic E-state index is 0.0709. The van der Waals surface area contributed by atoms with Gasteiger partial charge in [0.1, 0.15) is 11.5 Å². The van der Waals surface area contributed by atoms with Gasteiger partial charge in [-0.1, -0.05) is 5.16 Å². The van der Waals surface area contributed by atoms with E-state index in [4.69, 9.17) is 4.52 Å². The van der Waals surface area contributed by atoms with Gasteiger partial charge >= 0.3 is 0 Å². The Balaban J connectivity index is 2.49. The maximum absolute atomic E-state index is 9.18. The summed E-state index contributed by atoms with van der Waals surface area (Å²) in [7, 11) is 0. The molecule has 78 valence electrons. The Kier molecular flexibility index (Phi) is 2.51. The van der Waals surface area contributed by atoms with Crippen molar-refractivity contribution in [3.8, 4) is 11.3 Å². The molecule has 2 heterocycles. The summed E-state index contributed by atoms with van der Waals surface area (Å²) in [6, 6.07) is 3.82. The molecule has 4 heteroatoms. The molecule has 0 aliphatic carbocycles. The fraction of sp³-hybridized carbons (Fsp3) is 0.273. The van der Waals surface area contributed by atoms with E-state index in [0.717, 1.165) is 16.8 Å². The van der Waals surface area contributed by atoms with Gasteiger partial charge in [-0.25, -0.2) is 0 Å². The van der Waals surface area contributed by atoms with E-state index < -0.39 is 0 Å². The van der Waals surface area contributed by atoms with Gasteiger partial charge < -0.3 is 9.63 Å². The molecule has 2 aromatic heterocycles. The van der Waals surface area contributed by atoms with Crippen LogP contribution < -0.4 is 0 Å². The molecule has 0 unspecified atom stereocenters. The van der Waals surface area contributed by atoms with Crippen LogP contribution in [-0.4, -0.2) is 15.2 Å². The molecule has 0 saturated carbocycles. The molecule has 4 nitrogen and oxygen atoms in total. The summed E-state index contributed by atoms with van der Waals surface area (Å²) < 4.78 is 5.03. The Labute approximate surface area is 87.6 Å². The molecule has 0 aromatic carbocycles. The Morgan fingerprint density at radius 1 is 1.33 bits per heavy atom. The second-order valence-corrected chi connectivity index (χ2v) is 3.41. The van der Waals surface area contributed by atoms with E-state index in [-0.39, 0.29) is 6.61 Å². The van der Waals surface area contributed by atoms with Crippen LogP contribution in [0.5, 0.6) is 0 Å². The normalized spacial score (nSPS) is 10.6. The van der Waals surface area contributed by atoms with Gasteiger partial charge in [0, 0.05) is 23.0 Å². The van der Waals surface area contributed by atoms with E-state index in [1.165, 1.54) is 0 Å². The first-order valence-corrected chi connectivity index (χ1v) is 4.71. The summed E-state index contributed by atoms with van der Waals surface area (Å²) in [5, 5.41) is 13.1. The third-order valence-corrected chi connectivity index (χ3v) is 2.33. The number of aromatic nitrogens is 2. The van der Waals surface area contributed by atoms with E-state index >= 15 is 0 Å². The van der Waals surface area contributed by atoms with Crippen molar-refractivity contribution in [2.75, 3.05) is 0 Å². The van der Waals surface area contributed by atoms with Crippen molar-refractivity contribution in [3.05, 3.63) is 35.3 Å². The van der Waals surface area contributed by atoms with Crippen LogP contribution in [0.15, 0.2) is 22.9 Å². The van der Waals surface area contributed by atoms with E-state index in [2.05, 4.69) is 10.1 Å². The molecule has 0 radical (unpaired) electrons. The first kappa shape index (κ1) is 9.86. The lowest BCUT2D eigenvalue weighted by atomic mass is 10.1. The van der Waals surface area contributed by atoms with Crippen LogP contribution in [0.4, 0.5) is 0 Å². The highest BCUT2D eigenvalue weighted by molar-refractivity contribution is 5.62. The fourth-order valence-corrected chi connectivity index (χ4v) is 1.41. The van der Waals surface area contributed by atoms with Crippen molar-refractivity contribution in [1.29, 1.82) is 0 Å². The fourth-order valence-electron chi connectivity index (χ4n) is 1.41. The molecule has 0 amide bonds. The molecule has 0 spiro atoms. The van der Waals surface area contributed by atoms with E-state index in [1.54, 1.807) is 13.1 Å². The van der Waals surface area contributed by atoms with Crippen molar-refractivity contribution in [1.82, 2.24) is 10.1 Å². The van der Waals surface area contributed by atoms with Gasteiger partial charge in [-0.05, 0) is 26.0 Å². The zero-order chi connectivity index (χ0) is 10.8. The number of aryl methyl sites for hydroxylation is 2. The number of pyridine rings is 1. The topological polar surface area (TPSA) is 59.2 Å². The maximum atomic E-state index is 9.18. The molecule has 1 N–H and O–H groups in total. The predicted molar refractivity (Wildman–Crippen MR) is 55.1 cm³/mol. The smallest absolute Gasteiger partial charge is 0.139 e. The van der Waals surface area contributed by atoms with Crippen LogP contribution in [0.3, 0.4) is 0 Å². The highest BCUT2D eigenvalue weighted by atomic mass is 16.5. The number of aliphatic hydroxyl groups excluding tert-OH is 1. The molecule has 0 fully saturated rings. The van der Waals surface area contributed by atoms with Crippen molar-refractivity contribution in [2.45, 2.75) is 20.5 Å². The second kappa shape index (κ2) is 3.82. The van der Waals surface area contributed by atoms with Crippen molar-refractivity contribution in [2.24, 2.45) is 0 Å². The average molecular weight is 204 g/mol. The predicted octanol–water partition coefficient (Wildman–Crippen LogP) is 1.85. The Bertz CT molecular complexity index is 460. The number of nitrogens with zero attached hydrogens (tertiary/aromatic N) is 2. The third-order valence-electron chi connectivity index (χ3n) is 2.33. The zero-order valence-corrected chi connectivity index (χ0v) is 8.69. The zero-order valence-electron chi connectivity index (χ0n) is 8.69. The third kappa shape index (κ3) is 1.76. The summed E-state index contributed by atoms with van der Waals surface area (Å²) in [6.07, 6.45) is 1.73. The van der Waals surface area contributed by atoms with Gasteiger partial charge in [-0.2, -0.15) is 0 Å². The first-order valence-electron chi connectivity index (χ1n) is 4.71. The van der Waals surface area contributed by atoms with Gasteiger partial charge in [0.05, 0.1) is 6.61 Å². The van der Waals surface area contributed by atoms with Gasteiger partial charge in [-0.15, -0.1) is 0 Å². The van der Waals surface area contributed by atoms with Gasteiger partial charge in [0.25, 0.3) is 0 Å². The van der Waals surface area contributed by atoms with Crippen LogP contribution >= 0.6 is 0 Å². The molecule has 0 saturated heterocycles. The molecular formula is C11H12N2O2. The maximum Gasteiger partial charge on any atom is 0.139 e. The Morgan fingerprint density at radius 2 is 2.13 bits per heavy atom. The average Bonchev–Trinajstić information content (AvgIpc) is 2.61. The molecule has 0 aliphatic heterocycles. The first-order chi connectivity index (χ1) is 7.22. The lowest BCUT2D eigenvalue weighted by Gasteiger charge is -1.98. The van der Waals surface area contributed by atoms with Gasteiger partial charge in [0.2, 0.25) is 0 Å². The minimum atomic E-state index is -0.0709. The molecule has 15 heavy (non-hydrogen) atoms. The van der Waals surface area contributed by atoms with Crippen LogP contribution in [-0.2, 0) is 6.61 Å². The van der Waals surface area contributed by atoms with E-state index in [9.17, 15) is 5.11 Å². The van der Waals surface area contributed by atoms with Gasteiger partial charge in [-0.3, -0.25) is 4.98 Å². The van der Waals surface area contributed by atoms with Crippen molar-refractivity contribution >= 4 is 0 Å². The Morgan fingerprint density at radius 3 is 2.73 bits per heavy atom. The summed E-state index contributed by atoms with van der Waals surface area (Å²) in [5.41, 5.74) is 3.20. The second-order valence-electron chi connectivity index (χ2n) is 3.41. The molecule has 2 aromatic rings. The number of aliphatic hydroxyl groups is 1. The lowest BCUT2D eigenvalue weighted by molar-refractivity contribution is 0.278. The van der Waals surface area contributed by atoms with Crippen molar-refractivity contribution < 1.29 is 9.63 Å². The van der Waals surface area contributed by atoms with Gasteiger partial charge in [0.15, 0.2) is 0 Å². The summed E-state index contributed by atoms with van der Waals surface area (Å²) in [4.78, 5) is 4.18.